The van der Waals surface area contributed by atoms with Gasteiger partial charge < -0.3 is 25.4 Å². The Bertz CT molecular complexity index is 472. The Morgan fingerprint density at radius 2 is 2.00 bits per heavy atom. The molecule has 0 spiro atoms. The van der Waals surface area contributed by atoms with Crippen LogP contribution < -0.4 is 15.8 Å². The van der Waals surface area contributed by atoms with Gasteiger partial charge in [0, 0.05) is 18.8 Å². The van der Waals surface area contributed by atoms with Crippen LogP contribution in [0.2, 0.25) is 0 Å². The van der Waals surface area contributed by atoms with Crippen molar-refractivity contribution in [2.24, 2.45) is 5.73 Å². The number of ether oxygens (including phenoxy) is 2. The van der Waals surface area contributed by atoms with E-state index in [1.165, 1.54) is 0 Å². The van der Waals surface area contributed by atoms with Crippen LogP contribution in [-0.4, -0.2) is 48.8 Å². The van der Waals surface area contributed by atoms with E-state index in [9.17, 15) is 4.79 Å². The first-order valence-corrected chi connectivity index (χ1v) is 6.71. The minimum absolute atomic E-state index is 0.120. The largest absolute Gasteiger partial charge is 0.487 e. The Morgan fingerprint density at radius 1 is 1.35 bits per heavy atom. The van der Waals surface area contributed by atoms with Crippen molar-refractivity contribution < 1.29 is 14.3 Å². The van der Waals surface area contributed by atoms with Crippen LogP contribution in [-0.2, 0) is 4.74 Å². The molecule has 1 aromatic rings. The molecule has 3 N–H and O–H groups in total. The molecule has 0 bridgehead atoms. The number of hydrogen-bond donors (Lipinski definition) is 2. The van der Waals surface area contributed by atoms with Gasteiger partial charge in [-0.3, -0.25) is 0 Å². The van der Waals surface area contributed by atoms with Crippen LogP contribution in [0.5, 0.6) is 5.75 Å². The summed E-state index contributed by atoms with van der Waals surface area (Å²) in [7, 11) is 0. The molecular weight excluding hydrogens is 278 g/mol. The van der Waals surface area contributed by atoms with Gasteiger partial charge in [-0.25, -0.2) is 4.79 Å². The van der Waals surface area contributed by atoms with Gasteiger partial charge in [-0.05, 0) is 24.3 Å². The number of nitrogens with zero attached hydrogens (tertiary/aromatic N) is 1. The van der Waals surface area contributed by atoms with Crippen molar-refractivity contribution in [1.29, 1.82) is 0 Å². The van der Waals surface area contributed by atoms with Gasteiger partial charge in [-0.2, -0.15) is 0 Å². The average Bonchev–Trinajstić information content (AvgIpc) is 2.47. The van der Waals surface area contributed by atoms with Crippen LogP contribution in [0.1, 0.15) is 0 Å². The molecule has 6 nitrogen and oxygen atoms in total. The Morgan fingerprint density at radius 3 is 2.60 bits per heavy atom. The van der Waals surface area contributed by atoms with E-state index in [1.54, 1.807) is 29.2 Å². The fraction of sp³-hybridized carbons (Fsp3) is 0.385. The van der Waals surface area contributed by atoms with E-state index in [1.807, 2.05) is 0 Å². The Kier molecular flexibility index (Phi) is 5.14. The molecule has 0 aliphatic carbocycles. The number of urea groups is 1. The molecule has 1 aromatic carbocycles. The number of nitrogens with two attached hydrogens (primary N) is 1. The van der Waals surface area contributed by atoms with Gasteiger partial charge in [0.15, 0.2) is 0 Å². The lowest BCUT2D eigenvalue weighted by molar-refractivity contribution is 0.0564. The number of amides is 2. The van der Waals surface area contributed by atoms with Gasteiger partial charge >= 0.3 is 6.03 Å². The van der Waals surface area contributed by atoms with Gasteiger partial charge in [0.2, 0.25) is 0 Å². The third-order valence-corrected chi connectivity index (χ3v) is 2.90. The fourth-order valence-electron chi connectivity index (χ4n) is 1.76. The first-order chi connectivity index (χ1) is 9.65. The molecule has 0 unspecified atom stereocenters. The highest BCUT2D eigenvalue weighted by atomic mass is 32.1. The maximum Gasteiger partial charge on any atom is 0.321 e. The van der Waals surface area contributed by atoms with E-state index in [0.29, 0.717) is 42.7 Å². The third-order valence-electron chi connectivity index (χ3n) is 2.78. The fourth-order valence-corrected chi connectivity index (χ4v) is 1.82. The number of carbonyl (C=O) groups is 1. The topological polar surface area (TPSA) is 76.8 Å². The van der Waals surface area contributed by atoms with Gasteiger partial charge in [0.1, 0.15) is 17.3 Å². The highest BCUT2D eigenvalue weighted by Crippen LogP contribution is 2.16. The van der Waals surface area contributed by atoms with Crippen molar-refractivity contribution in [2.75, 3.05) is 38.2 Å². The van der Waals surface area contributed by atoms with E-state index < -0.39 is 0 Å². The molecule has 1 fully saturated rings. The first-order valence-electron chi connectivity index (χ1n) is 6.30. The zero-order valence-corrected chi connectivity index (χ0v) is 11.8. The molecule has 108 valence electrons. The Hall–Kier alpha value is -1.86. The molecule has 2 rings (SSSR count). The monoisotopic (exact) mass is 295 g/mol. The summed E-state index contributed by atoms with van der Waals surface area (Å²) >= 11 is 4.73. The SMILES string of the molecule is NC(=S)COc1ccc(NC(=O)N2CCOCC2)cc1. The van der Waals surface area contributed by atoms with Crippen LogP contribution in [0.15, 0.2) is 24.3 Å². The van der Waals surface area contributed by atoms with Crippen LogP contribution in [0.3, 0.4) is 0 Å². The number of thiocarbonyl (C=S) groups is 1. The second kappa shape index (κ2) is 7.06. The normalized spacial score (nSPS) is 14.7. The van der Waals surface area contributed by atoms with Gasteiger partial charge in [0.05, 0.1) is 13.2 Å². The zero-order chi connectivity index (χ0) is 14.4. The predicted octanol–water partition coefficient (Wildman–Crippen LogP) is 1.22. The molecule has 0 aromatic heterocycles. The molecule has 1 heterocycles. The maximum atomic E-state index is 12.0. The molecule has 0 saturated carbocycles. The second-order valence-electron chi connectivity index (χ2n) is 4.31. The predicted molar refractivity (Wildman–Crippen MR) is 80.1 cm³/mol. The molecule has 0 radical (unpaired) electrons. The summed E-state index contributed by atoms with van der Waals surface area (Å²) < 4.78 is 10.5. The van der Waals surface area contributed by atoms with Gasteiger partial charge in [0.25, 0.3) is 0 Å². The molecule has 2 amide bonds. The van der Waals surface area contributed by atoms with E-state index in [2.05, 4.69) is 5.32 Å². The van der Waals surface area contributed by atoms with Crippen LogP contribution in [0, 0.1) is 0 Å². The highest BCUT2D eigenvalue weighted by molar-refractivity contribution is 7.80. The van der Waals surface area contributed by atoms with Crippen LogP contribution in [0.25, 0.3) is 0 Å². The van der Waals surface area contributed by atoms with E-state index in [4.69, 9.17) is 27.4 Å². The number of nitrogens with one attached hydrogen (secondary N) is 1. The van der Waals surface area contributed by atoms with Crippen LogP contribution in [0.4, 0.5) is 10.5 Å². The quantitative estimate of drug-likeness (QED) is 0.817. The van der Waals surface area contributed by atoms with Gasteiger partial charge in [-0.1, -0.05) is 12.2 Å². The second-order valence-corrected chi connectivity index (χ2v) is 4.83. The summed E-state index contributed by atoms with van der Waals surface area (Å²) in [6, 6.07) is 6.94. The third kappa shape index (κ3) is 4.36. The number of carbonyl (C=O) groups excluding carboxylic acids is 1. The lowest BCUT2D eigenvalue weighted by Crippen LogP contribution is -2.43. The van der Waals surface area contributed by atoms with E-state index >= 15 is 0 Å². The van der Waals surface area contributed by atoms with E-state index in [-0.39, 0.29) is 12.6 Å². The van der Waals surface area contributed by atoms with Crippen molar-refractivity contribution in [3.8, 4) is 5.75 Å². The maximum absolute atomic E-state index is 12.0. The Balaban J connectivity index is 1.86. The highest BCUT2D eigenvalue weighted by Gasteiger charge is 2.16. The Labute approximate surface area is 122 Å². The summed E-state index contributed by atoms with van der Waals surface area (Å²) in [6.07, 6.45) is 0. The standard InChI is InChI=1S/C13H17N3O3S/c14-12(20)9-19-11-3-1-10(2-4-11)15-13(17)16-5-7-18-8-6-16/h1-4H,5-9H2,(H2,14,20)(H,15,17). The number of hydrogen-bond acceptors (Lipinski definition) is 4. The van der Waals surface area contributed by atoms with Crippen molar-refractivity contribution in [3.63, 3.8) is 0 Å². The summed E-state index contributed by atoms with van der Waals surface area (Å²) in [5.41, 5.74) is 6.06. The minimum Gasteiger partial charge on any atom is -0.487 e. The molecule has 0 atom stereocenters. The number of anilines is 1. The van der Waals surface area contributed by atoms with Crippen molar-refractivity contribution in [3.05, 3.63) is 24.3 Å². The van der Waals surface area contributed by atoms with Gasteiger partial charge in [-0.15, -0.1) is 0 Å². The lowest BCUT2D eigenvalue weighted by atomic mass is 10.3. The summed E-state index contributed by atoms with van der Waals surface area (Å²) in [6.45, 7) is 2.59. The zero-order valence-electron chi connectivity index (χ0n) is 11.0. The number of rotatable bonds is 4. The van der Waals surface area contributed by atoms with Crippen molar-refractivity contribution in [2.45, 2.75) is 0 Å². The molecule has 1 aliphatic rings. The molecule has 1 saturated heterocycles. The molecule has 1 aliphatic heterocycles. The first kappa shape index (κ1) is 14.5. The average molecular weight is 295 g/mol. The minimum atomic E-state index is -0.120. The summed E-state index contributed by atoms with van der Waals surface area (Å²) in [5.74, 6) is 0.655. The molecule has 20 heavy (non-hydrogen) atoms. The van der Waals surface area contributed by atoms with Crippen LogP contribution >= 0.6 is 12.2 Å². The lowest BCUT2D eigenvalue weighted by Gasteiger charge is -2.26. The number of morpholine rings is 1. The van der Waals surface area contributed by atoms with E-state index in [0.717, 1.165) is 0 Å². The summed E-state index contributed by atoms with van der Waals surface area (Å²) in [4.78, 5) is 14.0. The van der Waals surface area contributed by atoms with Crippen molar-refractivity contribution in [1.82, 2.24) is 4.90 Å². The molecular formula is C13H17N3O3S. The molecule has 7 heteroatoms. The van der Waals surface area contributed by atoms with Crippen molar-refractivity contribution >= 4 is 28.9 Å². The number of benzene rings is 1. The summed E-state index contributed by atoms with van der Waals surface area (Å²) in [5, 5.41) is 2.83. The smallest absolute Gasteiger partial charge is 0.321 e.